The lowest BCUT2D eigenvalue weighted by molar-refractivity contribution is -0.127. The van der Waals surface area contributed by atoms with Gasteiger partial charge in [0, 0.05) is 11.8 Å². The molecule has 0 aliphatic rings. The van der Waals surface area contributed by atoms with E-state index in [1.165, 1.54) is 0 Å². The lowest BCUT2D eigenvalue weighted by atomic mass is 9.89. The van der Waals surface area contributed by atoms with Gasteiger partial charge in [-0.3, -0.25) is 4.79 Å². The van der Waals surface area contributed by atoms with Crippen LogP contribution in [-0.4, -0.2) is 12.2 Å². The fourth-order valence-corrected chi connectivity index (χ4v) is 1.19. The van der Waals surface area contributed by atoms with Gasteiger partial charge in [0.1, 0.15) is 6.29 Å². The normalized spacial score (nSPS) is 15.5. The molecule has 3 heteroatoms. The zero-order valence-corrected chi connectivity index (χ0v) is 7.04. The minimum atomic E-state index is -0.369. The van der Waals surface area contributed by atoms with Crippen LogP contribution in [0.25, 0.3) is 0 Å². The highest BCUT2D eigenvalue weighted by atomic mass is 16.1. The standard InChI is InChI=1S/C8H15NO2/c1-3-6(5-10)7(4-2)8(9)11/h5-7H,3-4H2,1-2H3,(H2,9,11). The summed E-state index contributed by atoms with van der Waals surface area (Å²) < 4.78 is 0. The molecule has 11 heavy (non-hydrogen) atoms. The van der Waals surface area contributed by atoms with Crippen molar-refractivity contribution < 1.29 is 9.59 Å². The van der Waals surface area contributed by atoms with E-state index in [2.05, 4.69) is 0 Å². The van der Waals surface area contributed by atoms with E-state index in [9.17, 15) is 9.59 Å². The van der Waals surface area contributed by atoms with Crippen LogP contribution in [0.2, 0.25) is 0 Å². The quantitative estimate of drug-likeness (QED) is 0.598. The molecule has 0 aromatic carbocycles. The molecular formula is C8H15NO2. The molecule has 0 bridgehead atoms. The van der Waals surface area contributed by atoms with Crippen LogP contribution in [0.5, 0.6) is 0 Å². The van der Waals surface area contributed by atoms with Crippen LogP contribution in [0.3, 0.4) is 0 Å². The summed E-state index contributed by atoms with van der Waals surface area (Å²) in [5.74, 6) is -0.846. The maximum Gasteiger partial charge on any atom is 0.221 e. The fraction of sp³-hybridized carbons (Fsp3) is 0.750. The smallest absolute Gasteiger partial charge is 0.221 e. The number of aldehydes is 1. The van der Waals surface area contributed by atoms with Gasteiger partial charge in [-0.2, -0.15) is 0 Å². The van der Waals surface area contributed by atoms with E-state index in [4.69, 9.17) is 5.73 Å². The molecule has 0 aliphatic heterocycles. The predicted molar refractivity (Wildman–Crippen MR) is 42.8 cm³/mol. The highest BCUT2D eigenvalue weighted by molar-refractivity contribution is 5.80. The van der Waals surface area contributed by atoms with Crippen LogP contribution in [0.15, 0.2) is 0 Å². The highest BCUT2D eigenvalue weighted by Gasteiger charge is 2.22. The first-order valence-electron chi connectivity index (χ1n) is 3.91. The van der Waals surface area contributed by atoms with Crippen LogP contribution in [-0.2, 0) is 9.59 Å². The third-order valence-corrected chi connectivity index (χ3v) is 1.97. The van der Waals surface area contributed by atoms with Gasteiger partial charge in [-0.25, -0.2) is 0 Å². The number of amides is 1. The van der Waals surface area contributed by atoms with E-state index < -0.39 is 0 Å². The summed E-state index contributed by atoms with van der Waals surface area (Å²) >= 11 is 0. The molecular weight excluding hydrogens is 142 g/mol. The Bertz CT molecular complexity index is 145. The lowest BCUT2D eigenvalue weighted by Gasteiger charge is -2.15. The van der Waals surface area contributed by atoms with E-state index in [0.717, 1.165) is 6.29 Å². The molecule has 2 N–H and O–H groups in total. The van der Waals surface area contributed by atoms with Crippen molar-refractivity contribution >= 4 is 12.2 Å². The fourth-order valence-electron chi connectivity index (χ4n) is 1.19. The first kappa shape index (κ1) is 10.1. The molecule has 0 rings (SSSR count). The topological polar surface area (TPSA) is 60.2 Å². The first-order valence-corrected chi connectivity index (χ1v) is 3.91. The molecule has 0 aliphatic carbocycles. The van der Waals surface area contributed by atoms with E-state index in [1.807, 2.05) is 13.8 Å². The van der Waals surface area contributed by atoms with Crippen molar-refractivity contribution in [3.63, 3.8) is 0 Å². The highest BCUT2D eigenvalue weighted by Crippen LogP contribution is 2.16. The van der Waals surface area contributed by atoms with E-state index >= 15 is 0 Å². The van der Waals surface area contributed by atoms with Crippen molar-refractivity contribution in [1.82, 2.24) is 0 Å². The monoisotopic (exact) mass is 157 g/mol. The molecule has 0 saturated heterocycles. The van der Waals surface area contributed by atoms with Crippen LogP contribution in [0.4, 0.5) is 0 Å². The van der Waals surface area contributed by atoms with Gasteiger partial charge in [0.2, 0.25) is 5.91 Å². The Balaban J connectivity index is 4.20. The maximum absolute atomic E-state index is 10.8. The number of carbonyl (C=O) groups is 2. The molecule has 0 fully saturated rings. The summed E-state index contributed by atoms with van der Waals surface area (Å²) in [6.07, 6.45) is 2.15. The second-order valence-electron chi connectivity index (χ2n) is 2.63. The van der Waals surface area contributed by atoms with Crippen LogP contribution in [0.1, 0.15) is 26.7 Å². The maximum atomic E-state index is 10.8. The Kier molecular flexibility index (Phi) is 4.50. The molecule has 64 valence electrons. The van der Waals surface area contributed by atoms with Crippen molar-refractivity contribution in [2.45, 2.75) is 26.7 Å². The zero-order chi connectivity index (χ0) is 8.85. The average Bonchev–Trinajstić information content (AvgIpc) is 1.99. The summed E-state index contributed by atoms with van der Waals surface area (Å²) in [6, 6.07) is 0. The van der Waals surface area contributed by atoms with Gasteiger partial charge in [0.05, 0.1) is 0 Å². The molecule has 0 aromatic rings. The number of rotatable bonds is 5. The first-order chi connectivity index (χ1) is 5.17. The van der Waals surface area contributed by atoms with Gasteiger partial charge in [-0.1, -0.05) is 13.8 Å². The molecule has 0 spiro atoms. The lowest BCUT2D eigenvalue weighted by Crippen LogP contribution is -2.29. The SMILES string of the molecule is CCC(C=O)C(CC)C(N)=O. The van der Waals surface area contributed by atoms with Gasteiger partial charge in [0.15, 0.2) is 0 Å². The number of nitrogens with two attached hydrogens (primary N) is 1. The second-order valence-corrected chi connectivity index (χ2v) is 2.63. The average molecular weight is 157 g/mol. The Labute approximate surface area is 67.0 Å². The van der Waals surface area contributed by atoms with Gasteiger partial charge < -0.3 is 10.5 Å². The second kappa shape index (κ2) is 4.88. The Morgan fingerprint density at radius 1 is 1.45 bits per heavy atom. The molecule has 1 amide bonds. The number of hydrogen-bond acceptors (Lipinski definition) is 2. The van der Waals surface area contributed by atoms with Crippen LogP contribution >= 0.6 is 0 Å². The Morgan fingerprint density at radius 3 is 2.09 bits per heavy atom. The van der Waals surface area contributed by atoms with Crippen molar-refractivity contribution in [3.8, 4) is 0 Å². The Hall–Kier alpha value is -0.860. The number of primary amides is 1. The van der Waals surface area contributed by atoms with Crippen molar-refractivity contribution in [2.75, 3.05) is 0 Å². The number of carbonyl (C=O) groups excluding carboxylic acids is 2. The molecule has 0 aromatic heterocycles. The molecule has 0 radical (unpaired) electrons. The molecule has 0 heterocycles. The van der Waals surface area contributed by atoms with Crippen LogP contribution < -0.4 is 5.73 Å². The van der Waals surface area contributed by atoms with E-state index in [0.29, 0.717) is 12.8 Å². The van der Waals surface area contributed by atoms with Gasteiger partial charge in [0.25, 0.3) is 0 Å². The third kappa shape index (κ3) is 2.70. The minimum Gasteiger partial charge on any atom is -0.369 e. The van der Waals surface area contributed by atoms with Gasteiger partial charge >= 0.3 is 0 Å². The van der Waals surface area contributed by atoms with E-state index in [1.54, 1.807) is 0 Å². The third-order valence-electron chi connectivity index (χ3n) is 1.97. The summed E-state index contributed by atoms with van der Waals surface area (Å²) in [6.45, 7) is 3.74. The summed E-state index contributed by atoms with van der Waals surface area (Å²) in [4.78, 5) is 21.2. The minimum absolute atomic E-state index is 0.197. The molecule has 3 nitrogen and oxygen atoms in total. The van der Waals surface area contributed by atoms with Crippen molar-refractivity contribution in [3.05, 3.63) is 0 Å². The molecule has 2 unspecified atom stereocenters. The summed E-state index contributed by atoms with van der Waals surface area (Å²) in [5, 5.41) is 0. The largest absolute Gasteiger partial charge is 0.369 e. The number of hydrogen-bond donors (Lipinski definition) is 1. The predicted octanol–water partition coefficient (Wildman–Crippen LogP) is 0.723. The molecule has 0 saturated carbocycles. The zero-order valence-electron chi connectivity index (χ0n) is 7.04. The Morgan fingerprint density at radius 2 is 2.00 bits per heavy atom. The van der Waals surface area contributed by atoms with Crippen LogP contribution in [0, 0.1) is 11.8 Å². The van der Waals surface area contributed by atoms with Crippen molar-refractivity contribution in [1.29, 1.82) is 0 Å². The summed E-state index contributed by atoms with van der Waals surface area (Å²) in [7, 11) is 0. The summed E-state index contributed by atoms with van der Waals surface area (Å²) in [5.41, 5.74) is 5.10. The molecule has 2 atom stereocenters. The van der Waals surface area contributed by atoms with E-state index in [-0.39, 0.29) is 17.7 Å². The van der Waals surface area contributed by atoms with Gasteiger partial charge in [-0.15, -0.1) is 0 Å². The van der Waals surface area contributed by atoms with Gasteiger partial charge in [-0.05, 0) is 12.8 Å². The van der Waals surface area contributed by atoms with Crippen molar-refractivity contribution in [2.24, 2.45) is 17.6 Å².